The summed E-state index contributed by atoms with van der Waals surface area (Å²) in [5.41, 5.74) is -1.14. The lowest BCUT2D eigenvalue weighted by molar-refractivity contribution is -0.173. The molecule has 0 unspecified atom stereocenters. The van der Waals surface area contributed by atoms with Crippen molar-refractivity contribution in [1.29, 1.82) is 0 Å². The van der Waals surface area contributed by atoms with Crippen molar-refractivity contribution in [1.82, 2.24) is 0 Å². The summed E-state index contributed by atoms with van der Waals surface area (Å²) in [6, 6.07) is 0. The van der Waals surface area contributed by atoms with Gasteiger partial charge in [0.1, 0.15) is 0 Å². The molecule has 0 saturated heterocycles. The van der Waals surface area contributed by atoms with Gasteiger partial charge in [-0.25, -0.2) is 0 Å². The van der Waals surface area contributed by atoms with Crippen molar-refractivity contribution in [2.24, 2.45) is 5.41 Å². The van der Waals surface area contributed by atoms with E-state index in [0.29, 0.717) is 26.1 Å². The molecule has 0 spiro atoms. The Kier molecular flexibility index (Phi) is 24.8. The van der Waals surface area contributed by atoms with E-state index in [1.54, 1.807) is 0 Å². The van der Waals surface area contributed by atoms with Crippen LogP contribution in [0.25, 0.3) is 0 Å². The van der Waals surface area contributed by atoms with Gasteiger partial charge in [-0.15, -0.1) is 0 Å². The molecule has 0 aromatic carbocycles. The molecule has 214 valence electrons. The second kappa shape index (κ2) is 25.6. The number of unbranched alkanes of at least 4 members (excludes halogenated alkanes) is 19. The summed E-state index contributed by atoms with van der Waals surface area (Å²) in [7, 11) is 0. The van der Waals surface area contributed by atoms with Crippen LogP contribution in [-0.2, 0) is 19.1 Å². The van der Waals surface area contributed by atoms with Crippen LogP contribution in [0.1, 0.15) is 175 Å². The minimum absolute atomic E-state index is 0.396. The lowest BCUT2D eigenvalue weighted by atomic mass is 9.82. The minimum atomic E-state index is -1.14. The van der Waals surface area contributed by atoms with E-state index < -0.39 is 17.4 Å². The SMILES string of the molecule is CCCCCCCCCCCCCCCOC(=O)C(CC)(CC)C(=O)OCCCCCCCCCC. The second-order valence-electron chi connectivity index (χ2n) is 10.8. The fourth-order valence-electron chi connectivity index (χ4n) is 4.87. The van der Waals surface area contributed by atoms with Crippen molar-refractivity contribution in [2.45, 2.75) is 175 Å². The Labute approximate surface area is 225 Å². The maximum absolute atomic E-state index is 12.8. The summed E-state index contributed by atoms with van der Waals surface area (Å²) in [5.74, 6) is -0.793. The first-order chi connectivity index (χ1) is 17.6. The number of ether oxygens (including phenoxy) is 2. The summed E-state index contributed by atoms with van der Waals surface area (Å²) in [5, 5.41) is 0. The molecule has 0 heterocycles. The summed E-state index contributed by atoms with van der Waals surface area (Å²) < 4.78 is 11.1. The van der Waals surface area contributed by atoms with Gasteiger partial charge in [-0.05, 0) is 25.7 Å². The lowest BCUT2D eigenvalue weighted by Crippen LogP contribution is -2.41. The van der Waals surface area contributed by atoms with Crippen LogP contribution in [0.5, 0.6) is 0 Å². The molecule has 4 nitrogen and oxygen atoms in total. The van der Waals surface area contributed by atoms with Gasteiger partial charge in [0.05, 0.1) is 13.2 Å². The van der Waals surface area contributed by atoms with E-state index >= 15 is 0 Å². The number of carbonyl (C=O) groups excluding carboxylic acids is 2. The van der Waals surface area contributed by atoms with Crippen molar-refractivity contribution in [3.63, 3.8) is 0 Å². The van der Waals surface area contributed by atoms with Gasteiger partial charge in [-0.2, -0.15) is 0 Å². The van der Waals surface area contributed by atoms with Crippen LogP contribution in [0.3, 0.4) is 0 Å². The van der Waals surface area contributed by atoms with Crippen molar-refractivity contribution in [3.05, 3.63) is 0 Å². The summed E-state index contributed by atoms with van der Waals surface area (Å²) >= 11 is 0. The van der Waals surface area contributed by atoms with E-state index in [9.17, 15) is 9.59 Å². The Balaban J connectivity index is 3.90. The van der Waals surface area contributed by atoms with E-state index in [-0.39, 0.29) is 0 Å². The molecule has 36 heavy (non-hydrogen) atoms. The largest absolute Gasteiger partial charge is 0.465 e. The first kappa shape index (κ1) is 34.9. The Morgan fingerprint density at radius 3 is 0.917 bits per heavy atom. The number of carbonyl (C=O) groups is 2. The van der Waals surface area contributed by atoms with Crippen molar-refractivity contribution in [3.8, 4) is 0 Å². The number of hydrogen-bond donors (Lipinski definition) is 0. The zero-order valence-corrected chi connectivity index (χ0v) is 24.8. The summed E-state index contributed by atoms with van der Waals surface area (Å²) in [4.78, 5) is 25.6. The highest BCUT2D eigenvalue weighted by atomic mass is 16.6. The quantitative estimate of drug-likeness (QED) is 0.0626. The zero-order valence-electron chi connectivity index (χ0n) is 24.8. The van der Waals surface area contributed by atoms with Gasteiger partial charge in [0.15, 0.2) is 5.41 Å². The smallest absolute Gasteiger partial charge is 0.323 e. The van der Waals surface area contributed by atoms with Crippen LogP contribution in [0.15, 0.2) is 0 Å². The predicted molar refractivity (Wildman–Crippen MR) is 153 cm³/mol. The molecule has 0 radical (unpaired) electrons. The normalized spacial score (nSPS) is 11.6. The average molecular weight is 511 g/mol. The summed E-state index contributed by atoms with van der Waals surface area (Å²) in [6.07, 6.45) is 27.2. The average Bonchev–Trinajstić information content (AvgIpc) is 2.89. The highest BCUT2D eigenvalue weighted by Gasteiger charge is 2.45. The molecule has 4 heteroatoms. The van der Waals surface area contributed by atoms with Crippen LogP contribution in [0.4, 0.5) is 0 Å². The van der Waals surface area contributed by atoms with Crippen LogP contribution in [-0.4, -0.2) is 25.2 Å². The van der Waals surface area contributed by atoms with Crippen LogP contribution >= 0.6 is 0 Å². The van der Waals surface area contributed by atoms with Crippen molar-refractivity contribution >= 4 is 11.9 Å². The molecular formula is C32H62O4. The second-order valence-corrected chi connectivity index (χ2v) is 10.8. The monoisotopic (exact) mass is 510 g/mol. The fourth-order valence-corrected chi connectivity index (χ4v) is 4.87. The standard InChI is InChI=1S/C32H62O4/c1-5-9-11-13-15-17-18-19-20-21-23-25-27-29-36-31(34)32(7-3,8-4)30(33)35-28-26-24-22-16-14-12-10-6-2/h5-29H2,1-4H3. The Morgan fingerprint density at radius 2 is 0.667 bits per heavy atom. The van der Waals surface area contributed by atoms with Gasteiger partial charge in [0.25, 0.3) is 0 Å². The van der Waals surface area contributed by atoms with Crippen LogP contribution in [0, 0.1) is 5.41 Å². The van der Waals surface area contributed by atoms with E-state index in [1.807, 2.05) is 13.8 Å². The molecule has 0 bridgehead atoms. The Hall–Kier alpha value is -1.06. The molecule has 0 saturated carbocycles. The fraction of sp³-hybridized carbons (Fsp3) is 0.938. The molecule has 0 aromatic rings. The third-order valence-electron chi connectivity index (χ3n) is 7.70. The van der Waals surface area contributed by atoms with Gasteiger partial charge in [-0.1, -0.05) is 150 Å². The molecule has 0 rings (SSSR count). The highest BCUT2D eigenvalue weighted by molar-refractivity contribution is 5.99. The maximum Gasteiger partial charge on any atom is 0.323 e. The molecule has 0 aliphatic rings. The number of rotatable bonds is 27. The molecule has 0 aliphatic heterocycles. The van der Waals surface area contributed by atoms with Crippen LogP contribution < -0.4 is 0 Å². The van der Waals surface area contributed by atoms with Gasteiger partial charge in [0, 0.05) is 0 Å². The van der Waals surface area contributed by atoms with Crippen molar-refractivity contribution in [2.75, 3.05) is 13.2 Å². The van der Waals surface area contributed by atoms with E-state index in [1.165, 1.54) is 109 Å². The molecule has 0 aromatic heterocycles. The van der Waals surface area contributed by atoms with Crippen molar-refractivity contribution < 1.29 is 19.1 Å². The highest BCUT2D eigenvalue weighted by Crippen LogP contribution is 2.30. The minimum Gasteiger partial charge on any atom is -0.465 e. The molecular weight excluding hydrogens is 448 g/mol. The Morgan fingerprint density at radius 1 is 0.417 bits per heavy atom. The maximum atomic E-state index is 12.8. The van der Waals surface area contributed by atoms with E-state index in [0.717, 1.165) is 25.7 Å². The van der Waals surface area contributed by atoms with E-state index in [4.69, 9.17) is 9.47 Å². The molecule has 0 N–H and O–H groups in total. The van der Waals surface area contributed by atoms with Gasteiger partial charge in [-0.3, -0.25) is 9.59 Å². The zero-order chi connectivity index (χ0) is 26.7. The van der Waals surface area contributed by atoms with E-state index in [2.05, 4.69) is 13.8 Å². The molecule has 0 aliphatic carbocycles. The first-order valence-corrected chi connectivity index (χ1v) is 15.9. The topological polar surface area (TPSA) is 52.6 Å². The third kappa shape index (κ3) is 17.4. The summed E-state index contributed by atoms with van der Waals surface area (Å²) in [6.45, 7) is 9.08. The predicted octanol–water partition coefficient (Wildman–Crippen LogP) is 10.1. The van der Waals surface area contributed by atoms with Gasteiger partial charge >= 0.3 is 11.9 Å². The molecule has 0 amide bonds. The molecule has 0 atom stereocenters. The van der Waals surface area contributed by atoms with Gasteiger partial charge in [0.2, 0.25) is 0 Å². The number of esters is 2. The third-order valence-corrected chi connectivity index (χ3v) is 7.70. The van der Waals surface area contributed by atoms with Gasteiger partial charge < -0.3 is 9.47 Å². The number of hydrogen-bond acceptors (Lipinski definition) is 4. The Bertz CT molecular complexity index is 498. The molecule has 0 fully saturated rings. The first-order valence-electron chi connectivity index (χ1n) is 15.9. The van der Waals surface area contributed by atoms with Crippen LogP contribution in [0.2, 0.25) is 0 Å². The lowest BCUT2D eigenvalue weighted by Gasteiger charge is -2.27.